The molecule has 0 saturated carbocycles. The number of methoxy groups -OCH3 is 1. The highest BCUT2D eigenvalue weighted by molar-refractivity contribution is 7.89. The van der Waals surface area contributed by atoms with Crippen LogP contribution in [0.25, 0.3) is 10.9 Å². The molecule has 4 N–H and O–H groups in total. The fourth-order valence-corrected chi connectivity index (χ4v) is 3.44. The highest BCUT2D eigenvalue weighted by Crippen LogP contribution is 2.28. The Hall–Kier alpha value is -2.91. The van der Waals surface area contributed by atoms with Crippen molar-refractivity contribution < 1.29 is 22.3 Å². The van der Waals surface area contributed by atoms with Gasteiger partial charge in [0.25, 0.3) is 0 Å². The van der Waals surface area contributed by atoms with Gasteiger partial charge in [-0.1, -0.05) is 0 Å². The van der Waals surface area contributed by atoms with Crippen molar-refractivity contribution in [2.45, 2.75) is 18.2 Å². The second kappa shape index (κ2) is 7.01. The number of aryl methyl sites for hydroxylation is 1. The summed E-state index contributed by atoms with van der Waals surface area (Å²) in [7, 11) is -2.53. The summed E-state index contributed by atoms with van der Waals surface area (Å²) in [5.41, 5.74) is 2.31. The van der Waals surface area contributed by atoms with E-state index in [0.717, 1.165) is 11.2 Å². The average molecular weight is 391 g/mol. The number of ether oxygens (including phenoxy) is 1. The van der Waals surface area contributed by atoms with Gasteiger partial charge in [-0.25, -0.2) is 17.9 Å². The summed E-state index contributed by atoms with van der Waals surface area (Å²) < 4.78 is 41.8. The van der Waals surface area contributed by atoms with Gasteiger partial charge in [-0.05, 0) is 48.9 Å². The number of carbonyl (C=O) groups is 1. The molecule has 2 aromatic carbocycles. The van der Waals surface area contributed by atoms with E-state index in [1.165, 1.54) is 37.4 Å². The van der Waals surface area contributed by atoms with Gasteiger partial charge >= 0.3 is 0 Å². The number of nitrogens with one attached hydrogen (secondary N) is 2. The van der Waals surface area contributed by atoms with E-state index in [0.29, 0.717) is 10.9 Å². The van der Waals surface area contributed by atoms with Gasteiger partial charge in [-0.2, -0.15) is 0 Å². The second-order valence-corrected chi connectivity index (χ2v) is 7.61. The van der Waals surface area contributed by atoms with E-state index >= 15 is 0 Å². The molecule has 0 aliphatic rings. The summed E-state index contributed by atoms with van der Waals surface area (Å²) in [6, 6.07) is 8.24. The molecule has 0 unspecified atom stereocenters. The van der Waals surface area contributed by atoms with Crippen LogP contribution in [0.4, 0.5) is 10.1 Å². The van der Waals surface area contributed by atoms with E-state index in [1.807, 2.05) is 0 Å². The first kappa shape index (κ1) is 18.9. The Morgan fingerprint density at radius 2 is 2.00 bits per heavy atom. The summed E-state index contributed by atoms with van der Waals surface area (Å²) in [6.45, 7) is 1.79. The average Bonchev–Trinajstić information content (AvgIpc) is 2.89. The monoisotopic (exact) mass is 391 g/mol. The number of hydrogen-bond acceptors (Lipinski definition) is 4. The molecular formula is C18H18FN3O4S. The Morgan fingerprint density at radius 1 is 1.26 bits per heavy atom. The number of carbonyl (C=O) groups excluding carboxylic acids is 1. The fraction of sp³-hybridized carbons (Fsp3) is 0.167. The summed E-state index contributed by atoms with van der Waals surface area (Å²) in [6.07, 6.45) is -0.0297. The maximum absolute atomic E-state index is 13.6. The number of H-pyrrole nitrogens is 1. The lowest BCUT2D eigenvalue weighted by Crippen LogP contribution is -2.17. The molecule has 0 atom stereocenters. The van der Waals surface area contributed by atoms with E-state index in [9.17, 15) is 17.6 Å². The molecule has 1 heterocycles. The third-order valence-corrected chi connectivity index (χ3v) is 5.10. The normalized spacial score (nSPS) is 11.6. The first-order valence-electron chi connectivity index (χ1n) is 7.96. The minimum absolute atomic E-state index is 0.0297. The number of primary sulfonamides is 1. The summed E-state index contributed by atoms with van der Waals surface area (Å²) >= 11 is 0. The van der Waals surface area contributed by atoms with Crippen LogP contribution in [0.1, 0.15) is 11.3 Å². The van der Waals surface area contributed by atoms with E-state index in [2.05, 4.69) is 10.3 Å². The number of amides is 1. The zero-order chi connectivity index (χ0) is 19.8. The molecule has 9 heteroatoms. The molecule has 0 spiro atoms. The zero-order valence-electron chi connectivity index (χ0n) is 14.7. The Labute approximate surface area is 155 Å². The van der Waals surface area contributed by atoms with Crippen LogP contribution in [0.2, 0.25) is 0 Å². The van der Waals surface area contributed by atoms with Crippen LogP contribution >= 0.6 is 0 Å². The van der Waals surface area contributed by atoms with Gasteiger partial charge in [0.1, 0.15) is 11.6 Å². The van der Waals surface area contributed by atoms with Gasteiger partial charge in [0.2, 0.25) is 15.9 Å². The SMILES string of the molecule is COc1ccc(S(N)(=O)=O)cc1NC(=O)Cc1c(C)[nH]c2ccc(F)cc12. The molecule has 0 fully saturated rings. The summed E-state index contributed by atoms with van der Waals surface area (Å²) in [4.78, 5) is 15.5. The van der Waals surface area contributed by atoms with Crippen molar-refractivity contribution in [1.29, 1.82) is 0 Å². The molecule has 142 valence electrons. The van der Waals surface area contributed by atoms with Gasteiger partial charge in [0, 0.05) is 16.6 Å². The Kier molecular flexibility index (Phi) is 4.90. The van der Waals surface area contributed by atoms with E-state index in [4.69, 9.17) is 9.88 Å². The van der Waals surface area contributed by atoms with Crippen LogP contribution < -0.4 is 15.2 Å². The lowest BCUT2D eigenvalue weighted by molar-refractivity contribution is -0.115. The molecule has 0 aliphatic carbocycles. The number of benzene rings is 2. The number of fused-ring (bicyclic) bond motifs is 1. The number of nitrogens with two attached hydrogens (primary N) is 1. The van der Waals surface area contributed by atoms with Gasteiger partial charge in [0.05, 0.1) is 24.1 Å². The van der Waals surface area contributed by atoms with Gasteiger partial charge in [-0.3, -0.25) is 4.79 Å². The van der Waals surface area contributed by atoms with Gasteiger partial charge in [-0.15, -0.1) is 0 Å². The topological polar surface area (TPSA) is 114 Å². The largest absolute Gasteiger partial charge is 0.495 e. The molecule has 0 bridgehead atoms. The van der Waals surface area contributed by atoms with E-state index < -0.39 is 21.7 Å². The molecule has 7 nitrogen and oxygen atoms in total. The van der Waals surface area contributed by atoms with Gasteiger partial charge in [0.15, 0.2) is 0 Å². The van der Waals surface area contributed by atoms with Crippen molar-refractivity contribution in [1.82, 2.24) is 4.98 Å². The number of sulfonamides is 1. The van der Waals surface area contributed by atoms with Crippen molar-refractivity contribution in [3.05, 3.63) is 53.5 Å². The molecule has 0 aliphatic heterocycles. The Bertz CT molecular complexity index is 1140. The van der Waals surface area contributed by atoms with E-state index in [-0.39, 0.29) is 22.8 Å². The Balaban J connectivity index is 1.91. The van der Waals surface area contributed by atoms with Crippen LogP contribution in [0.3, 0.4) is 0 Å². The minimum atomic E-state index is -3.93. The molecule has 1 aromatic heterocycles. The standard InChI is InChI=1S/C18H18FN3O4S/c1-10-13(14-7-11(19)3-5-15(14)21-10)9-18(23)22-16-8-12(27(20,24)25)4-6-17(16)26-2/h3-8,21H,9H2,1-2H3,(H,22,23)(H2,20,24,25). The maximum Gasteiger partial charge on any atom is 0.238 e. The van der Waals surface area contributed by atoms with Crippen molar-refractivity contribution in [3.63, 3.8) is 0 Å². The van der Waals surface area contributed by atoms with Crippen molar-refractivity contribution in [2.24, 2.45) is 5.14 Å². The third-order valence-electron chi connectivity index (χ3n) is 4.19. The maximum atomic E-state index is 13.6. The van der Waals surface area contributed by atoms with Gasteiger partial charge < -0.3 is 15.0 Å². The van der Waals surface area contributed by atoms with E-state index in [1.54, 1.807) is 13.0 Å². The number of aromatic amines is 1. The smallest absolute Gasteiger partial charge is 0.238 e. The molecule has 3 rings (SSSR count). The van der Waals surface area contributed by atoms with Crippen LogP contribution in [-0.4, -0.2) is 26.4 Å². The number of rotatable bonds is 5. The van der Waals surface area contributed by atoms with Crippen LogP contribution in [0.15, 0.2) is 41.3 Å². The number of anilines is 1. The number of halogens is 1. The zero-order valence-corrected chi connectivity index (χ0v) is 15.5. The molecular weight excluding hydrogens is 373 g/mol. The quantitative estimate of drug-likeness (QED) is 0.620. The molecule has 27 heavy (non-hydrogen) atoms. The lowest BCUT2D eigenvalue weighted by Gasteiger charge is -2.12. The highest BCUT2D eigenvalue weighted by atomic mass is 32.2. The molecule has 0 radical (unpaired) electrons. The third kappa shape index (κ3) is 3.93. The summed E-state index contributed by atoms with van der Waals surface area (Å²) in [5, 5.41) is 8.38. The Morgan fingerprint density at radius 3 is 2.67 bits per heavy atom. The molecule has 0 saturated heterocycles. The first-order chi connectivity index (χ1) is 12.7. The van der Waals surface area contributed by atoms with Crippen LogP contribution in [-0.2, 0) is 21.2 Å². The molecule has 1 amide bonds. The minimum Gasteiger partial charge on any atom is -0.495 e. The highest BCUT2D eigenvalue weighted by Gasteiger charge is 2.17. The second-order valence-electron chi connectivity index (χ2n) is 6.05. The van der Waals surface area contributed by atoms with Crippen molar-refractivity contribution in [2.75, 3.05) is 12.4 Å². The number of aromatic nitrogens is 1. The summed E-state index contributed by atoms with van der Waals surface area (Å²) in [5.74, 6) is -0.517. The fourth-order valence-electron chi connectivity index (χ4n) is 2.90. The lowest BCUT2D eigenvalue weighted by atomic mass is 10.1. The number of hydrogen-bond donors (Lipinski definition) is 3. The first-order valence-corrected chi connectivity index (χ1v) is 9.51. The van der Waals surface area contributed by atoms with Crippen molar-refractivity contribution in [3.8, 4) is 5.75 Å². The predicted molar refractivity (Wildman–Crippen MR) is 99.7 cm³/mol. The van der Waals surface area contributed by atoms with Crippen LogP contribution in [0, 0.1) is 12.7 Å². The van der Waals surface area contributed by atoms with Crippen LogP contribution in [0.5, 0.6) is 5.75 Å². The van der Waals surface area contributed by atoms with Crippen molar-refractivity contribution >= 4 is 32.5 Å². The predicted octanol–water partition coefficient (Wildman–Crippen LogP) is 2.45. The molecule has 3 aromatic rings.